The average Bonchev–Trinajstić information content (AvgIpc) is 2.73. The molecule has 64 valence electrons. The van der Waals surface area contributed by atoms with Gasteiger partial charge in [0.05, 0.1) is 0 Å². The van der Waals surface area contributed by atoms with Gasteiger partial charge in [0.2, 0.25) is 0 Å². The fourth-order valence-corrected chi connectivity index (χ4v) is 1.60. The van der Waals surface area contributed by atoms with Crippen molar-refractivity contribution in [2.75, 3.05) is 0 Å². The Kier molecular flexibility index (Phi) is 1.65. The molecule has 2 rings (SSSR count). The summed E-state index contributed by atoms with van der Waals surface area (Å²) >= 11 is 0. The Morgan fingerprint density at radius 2 is 2.17 bits per heavy atom. The van der Waals surface area contributed by atoms with Crippen molar-refractivity contribution >= 4 is 0 Å². The Bertz CT molecular complexity index is 309. The molecule has 0 aromatic heterocycles. The maximum atomic E-state index is 13.1. The molecule has 1 fully saturated rings. The van der Waals surface area contributed by atoms with Gasteiger partial charge in [-0.25, -0.2) is 4.39 Å². The van der Waals surface area contributed by atoms with Crippen LogP contribution in [0.5, 0.6) is 0 Å². The highest BCUT2D eigenvalue weighted by Crippen LogP contribution is 2.40. The van der Waals surface area contributed by atoms with E-state index >= 15 is 0 Å². The molecule has 2 N–H and O–H groups in total. The summed E-state index contributed by atoms with van der Waals surface area (Å²) in [5.41, 5.74) is 7.54. The van der Waals surface area contributed by atoms with Crippen LogP contribution in [0, 0.1) is 12.7 Å². The molecular formula is C10H12FN. The minimum absolute atomic E-state index is 0.119. The smallest absolute Gasteiger partial charge is 0.126 e. The summed E-state index contributed by atoms with van der Waals surface area (Å²) in [4.78, 5) is 0. The van der Waals surface area contributed by atoms with Crippen LogP contribution in [0.3, 0.4) is 0 Å². The highest BCUT2D eigenvalue weighted by molar-refractivity contribution is 5.35. The molecule has 0 radical (unpaired) electrons. The first-order valence-electron chi connectivity index (χ1n) is 4.20. The summed E-state index contributed by atoms with van der Waals surface area (Å²) in [5.74, 6) is 0.285. The lowest BCUT2D eigenvalue weighted by Crippen LogP contribution is -2.02. The third-order valence-corrected chi connectivity index (χ3v) is 2.55. The first-order chi connectivity index (χ1) is 5.70. The van der Waals surface area contributed by atoms with E-state index in [2.05, 4.69) is 0 Å². The van der Waals surface area contributed by atoms with Gasteiger partial charge in [0, 0.05) is 12.0 Å². The van der Waals surface area contributed by atoms with Crippen molar-refractivity contribution < 1.29 is 4.39 Å². The lowest BCUT2D eigenvalue weighted by Gasteiger charge is -2.04. The largest absolute Gasteiger partial charge is 0.327 e. The Morgan fingerprint density at radius 3 is 2.75 bits per heavy atom. The second kappa shape index (κ2) is 2.56. The van der Waals surface area contributed by atoms with Crippen LogP contribution in [-0.4, -0.2) is 6.04 Å². The molecule has 12 heavy (non-hydrogen) atoms. The average molecular weight is 165 g/mol. The van der Waals surface area contributed by atoms with Gasteiger partial charge in [0.1, 0.15) is 5.82 Å². The Balaban J connectivity index is 2.38. The second-order valence-electron chi connectivity index (χ2n) is 3.46. The van der Waals surface area contributed by atoms with Gasteiger partial charge in [-0.05, 0) is 30.5 Å². The molecular weight excluding hydrogens is 153 g/mol. The van der Waals surface area contributed by atoms with Crippen molar-refractivity contribution in [1.29, 1.82) is 0 Å². The van der Waals surface area contributed by atoms with Gasteiger partial charge in [0.15, 0.2) is 0 Å². The highest BCUT2D eigenvalue weighted by atomic mass is 19.1. The lowest BCUT2D eigenvalue weighted by atomic mass is 10.0. The molecule has 1 aromatic carbocycles. The minimum atomic E-state index is -0.119. The zero-order chi connectivity index (χ0) is 8.72. The van der Waals surface area contributed by atoms with Crippen molar-refractivity contribution in [3.63, 3.8) is 0 Å². The summed E-state index contributed by atoms with van der Waals surface area (Å²) in [6.07, 6.45) is 1.00. The van der Waals surface area contributed by atoms with Crippen LogP contribution < -0.4 is 5.73 Å². The molecule has 0 bridgehead atoms. The number of hydrogen-bond acceptors (Lipinski definition) is 1. The maximum absolute atomic E-state index is 13.1. The number of hydrogen-bond donors (Lipinski definition) is 1. The monoisotopic (exact) mass is 165 g/mol. The van der Waals surface area contributed by atoms with E-state index in [0.29, 0.717) is 5.92 Å². The minimum Gasteiger partial charge on any atom is -0.327 e. The lowest BCUT2D eigenvalue weighted by molar-refractivity contribution is 0.615. The van der Waals surface area contributed by atoms with Gasteiger partial charge in [-0.2, -0.15) is 0 Å². The van der Waals surface area contributed by atoms with Gasteiger partial charge in [-0.3, -0.25) is 0 Å². The third-order valence-electron chi connectivity index (χ3n) is 2.55. The fourth-order valence-electron chi connectivity index (χ4n) is 1.60. The maximum Gasteiger partial charge on any atom is 0.126 e. The Hall–Kier alpha value is -0.890. The van der Waals surface area contributed by atoms with Crippen LogP contribution in [0.1, 0.15) is 23.5 Å². The molecule has 0 aliphatic heterocycles. The number of benzene rings is 1. The van der Waals surface area contributed by atoms with Crippen LogP contribution in [-0.2, 0) is 0 Å². The summed E-state index contributed by atoms with van der Waals surface area (Å²) < 4.78 is 13.1. The quantitative estimate of drug-likeness (QED) is 0.676. The first kappa shape index (κ1) is 7.74. The molecule has 1 aliphatic carbocycles. The van der Waals surface area contributed by atoms with Crippen LogP contribution in [0.2, 0.25) is 0 Å². The molecule has 2 atom stereocenters. The molecule has 1 aliphatic rings. The summed E-state index contributed by atoms with van der Waals surface area (Å²) in [7, 11) is 0. The summed E-state index contributed by atoms with van der Waals surface area (Å²) in [5, 5.41) is 0. The van der Waals surface area contributed by atoms with E-state index in [0.717, 1.165) is 17.5 Å². The molecule has 1 nitrogen and oxygen atoms in total. The van der Waals surface area contributed by atoms with E-state index in [1.165, 1.54) is 6.07 Å². The van der Waals surface area contributed by atoms with Crippen LogP contribution in [0.15, 0.2) is 18.2 Å². The molecule has 1 saturated carbocycles. The number of halogens is 1. The molecule has 0 spiro atoms. The second-order valence-corrected chi connectivity index (χ2v) is 3.46. The van der Waals surface area contributed by atoms with Crippen molar-refractivity contribution in [1.82, 2.24) is 0 Å². The molecule has 2 heteroatoms. The standard InChI is InChI=1S/C10H12FN/c1-6-7(8-5-10(8)12)3-2-4-9(6)11/h2-4,8,10H,5,12H2,1H3/t8-,10+/m0/s1. The molecule has 0 unspecified atom stereocenters. The zero-order valence-corrected chi connectivity index (χ0v) is 7.05. The SMILES string of the molecule is Cc1c(F)cccc1[C@@H]1C[C@H]1N. The van der Waals surface area contributed by atoms with Gasteiger partial charge < -0.3 is 5.73 Å². The van der Waals surface area contributed by atoms with Crippen molar-refractivity contribution in [3.8, 4) is 0 Å². The molecule has 0 heterocycles. The first-order valence-corrected chi connectivity index (χ1v) is 4.20. The van der Waals surface area contributed by atoms with Crippen molar-refractivity contribution in [2.45, 2.75) is 25.3 Å². The van der Waals surface area contributed by atoms with Crippen molar-refractivity contribution in [3.05, 3.63) is 35.1 Å². The van der Waals surface area contributed by atoms with Crippen LogP contribution in [0.25, 0.3) is 0 Å². The molecule has 0 saturated heterocycles. The molecule has 1 aromatic rings. The van der Waals surface area contributed by atoms with Crippen LogP contribution in [0.4, 0.5) is 4.39 Å². The van der Waals surface area contributed by atoms with Crippen molar-refractivity contribution in [2.24, 2.45) is 5.73 Å². The topological polar surface area (TPSA) is 26.0 Å². The van der Waals surface area contributed by atoms with Gasteiger partial charge in [0.25, 0.3) is 0 Å². The van der Waals surface area contributed by atoms with Gasteiger partial charge >= 0.3 is 0 Å². The van der Waals surface area contributed by atoms with E-state index in [1.54, 1.807) is 6.07 Å². The van der Waals surface area contributed by atoms with E-state index in [-0.39, 0.29) is 11.9 Å². The zero-order valence-electron chi connectivity index (χ0n) is 7.05. The fraction of sp³-hybridized carbons (Fsp3) is 0.400. The number of rotatable bonds is 1. The van der Waals surface area contributed by atoms with Gasteiger partial charge in [-0.1, -0.05) is 12.1 Å². The predicted molar refractivity (Wildman–Crippen MR) is 46.5 cm³/mol. The Labute approximate surface area is 71.4 Å². The summed E-state index contributed by atoms with van der Waals surface area (Å²) in [6, 6.07) is 5.47. The third kappa shape index (κ3) is 1.12. The number of nitrogens with two attached hydrogens (primary N) is 1. The highest BCUT2D eigenvalue weighted by Gasteiger charge is 2.35. The van der Waals surface area contributed by atoms with Gasteiger partial charge in [-0.15, -0.1) is 0 Å². The summed E-state index contributed by atoms with van der Waals surface area (Å²) in [6.45, 7) is 1.82. The molecule has 0 amide bonds. The van der Waals surface area contributed by atoms with E-state index in [9.17, 15) is 4.39 Å². The normalized spacial score (nSPS) is 27.2. The predicted octanol–water partition coefficient (Wildman–Crippen LogP) is 1.95. The Morgan fingerprint density at radius 1 is 1.50 bits per heavy atom. The van der Waals surface area contributed by atoms with E-state index < -0.39 is 0 Å². The van der Waals surface area contributed by atoms with Crippen LogP contribution >= 0.6 is 0 Å². The van der Waals surface area contributed by atoms with E-state index in [1.807, 2.05) is 13.0 Å². The van der Waals surface area contributed by atoms with E-state index in [4.69, 9.17) is 5.73 Å².